The van der Waals surface area contributed by atoms with Crippen molar-refractivity contribution >= 4 is 58.0 Å². The second kappa shape index (κ2) is 4.35. The van der Waals surface area contributed by atoms with Crippen molar-refractivity contribution in [2.75, 3.05) is 0 Å². The molecule has 0 N–H and O–H groups in total. The van der Waals surface area contributed by atoms with Gasteiger partial charge in [-0.1, -0.05) is 58.0 Å². The van der Waals surface area contributed by atoms with E-state index in [-0.39, 0.29) is 4.84 Å². The van der Waals surface area contributed by atoms with Gasteiger partial charge in [-0.15, -0.1) is 0 Å². The van der Waals surface area contributed by atoms with Gasteiger partial charge in [0.2, 0.25) is 0 Å². The van der Waals surface area contributed by atoms with Gasteiger partial charge < -0.3 is 0 Å². The summed E-state index contributed by atoms with van der Waals surface area (Å²) in [4.78, 5) is 0.237. The maximum Gasteiger partial charge on any atom is 0.190 e. The molecular formula is C4H4Cl5. The lowest BCUT2D eigenvalue weighted by molar-refractivity contribution is 0.852. The summed E-state index contributed by atoms with van der Waals surface area (Å²) in [5.41, 5.74) is 0. The number of hydrogen-bond donors (Lipinski definition) is 0. The van der Waals surface area contributed by atoms with Crippen LogP contribution in [0.15, 0.2) is 0 Å². The topological polar surface area (TPSA) is 0 Å². The summed E-state index contributed by atoms with van der Waals surface area (Å²) in [5.74, 6) is 0. The first-order chi connectivity index (χ1) is 3.92. The fourth-order valence-electron chi connectivity index (χ4n) is 0.236. The normalized spacial score (nSPS) is 12.7. The van der Waals surface area contributed by atoms with Gasteiger partial charge in [0.25, 0.3) is 0 Å². The van der Waals surface area contributed by atoms with E-state index < -0.39 is 3.79 Å². The largest absolute Gasteiger partial charge is 0.190 e. The van der Waals surface area contributed by atoms with Crippen LogP contribution < -0.4 is 0 Å². The molecule has 0 aliphatic rings. The first-order valence-corrected chi connectivity index (χ1v) is 4.04. The van der Waals surface area contributed by atoms with Crippen molar-refractivity contribution in [2.45, 2.75) is 16.6 Å². The van der Waals surface area contributed by atoms with Crippen molar-refractivity contribution in [2.24, 2.45) is 0 Å². The molecule has 0 aromatic carbocycles. The molecule has 0 saturated carbocycles. The molecule has 0 aromatic heterocycles. The van der Waals surface area contributed by atoms with Gasteiger partial charge in [-0.25, -0.2) is 0 Å². The van der Waals surface area contributed by atoms with Gasteiger partial charge in [-0.3, -0.25) is 0 Å². The van der Waals surface area contributed by atoms with Crippen LogP contribution in [0.5, 0.6) is 0 Å². The van der Waals surface area contributed by atoms with Gasteiger partial charge in [0.15, 0.2) is 8.63 Å². The lowest BCUT2D eigenvalue weighted by Gasteiger charge is -2.08. The maximum absolute atomic E-state index is 5.38. The maximum atomic E-state index is 5.38. The molecule has 0 spiro atoms. The number of alkyl halides is 3. The van der Waals surface area contributed by atoms with E-state index in [4.69, 9.17) is 58.0 Å². The average molecular weight is 229 g/mol. The fraction of sp³-hybridized carbons (Fsp3) is 0.750. The van der Waals surface area contributed by atoms with E-state index in [0.717, 1.165) is 0 Å². The summed E-state index contributed by atoms with van der Waals surface area (Å²) < 4.78 is -1.24. The molecule has 0 fully saturated rings. The van der Waals surface area contributed by atoms with Crippen LogP contribution in [0.4, 0.5) is 0 Å². The third-order valence-electron chi connectivity index (χ3n) is 0.597. The predicted octanol–water partition coefficient (Wildman–Crippen LogP) is 4.10. The van der Waals surface area contributed by atoms with Crippen LogP contribution in [-0.4, -0.2) is 3.79 Å². The third kappa shape index (κ3) is 9.45. The second-order valence-corrected chi connectivity index (χ2v) is 5.08. The van der Waals surface area contributed by atoms with Crippen molar-refractivity contribution in [1.82, 2.24) is 0 Å². The molecule has 9 heavy (non-hydrogen) atoms. The molecule has 0 heterocycles. The lowest BCUT2D eigenvalue weighted by Crippen LogP contribution is -2.01. The zero-order valence-corrected chi connectivity index (χ0v) is 8.08. The minimum Gasteiger partial charge on any atom is -0.0983 e. The molecule has 0 aliphatic heterocycles. The molecule has 0 amide bonds. The highest BCUT2D eigenvalue weighted by Gasteiger charge is 2.20. The summed E-state index contributed by atoms with van der Waals surface area (Å²) in [6.45, 7) is 0. The average Bonchev–Trinajstić information content (AvgIpc) is 1.59. The highest BCUT2D eigenvalue weighted by atomic mass is 35.6. The van der Waals surface area contributed by atoms with Crippen molar-refractivity contribution in [3.05, 3.63) is 4.84 Å². The van der Waals surface area contributed by atoms with Crippen LogP contribution in [0.3, 0.4) is 0 Å². The molecule has 0 bridgehead atoms. The lowest BCUT2D eigenvalue weighted by atomic mass is 10.4. The molecule has 0 aromatic rings. The predicted molar refractivity (Wildman–Crippen MR) is 44.5 cm³/mol. The van der Waals surface area contributed by atoms with E-state index in [2.05, 4.69) is 0 Å². The summed E-state index contributed by atoms with van der Waals surface area (Å²) >= 11 is 26.7. The van der Waals surface area contributed by atoms with E-state index in [0.29, 0.717) is 12.8 Å². The van der Waals surface area contributed by atoms with E-state index in [1.165, 1.54) is 0 Å². The molecule has 55 valence electrons. The molecule has 5 heteroatoms. The Kier molecular flexibility index (Phi) is 5.05. The van der Waals surface area contributed by atoms with E-state index in [9.17, 15) is 0 Å². The Labute approximate surface area is 79.4 Å². The van der Waals surface area contributed by atoms with Gasteiger partial charge in [0.05, 0.1) is 0 Å². The molecule has 0 aliphatic carbocycles. The Morgan fingerprint density at radius 1 is 1.11 bits per heavy atom. The first kappa shape index (κ1) is 10.4. The molecule has 1 radical (unpaired) electrons. The second-order valence-electron chi connectivity index (χ2n) is 1.45. The third-order valence-corrected chi connectivity index (χ3v) is 1.54. The highest BCUT2D eigenvalue weighted by molar-refractivity contribution is 6.67. The van der Waals surface area contributed by atoms with Crippen LogP contribution in [0.25, 0.3) is 0 Å². The van der Waals surface area contributed by atoms with Gasteiger partial charge in [0.1, 0.15) is 0 Å². The highest BCUT2D eigenvalue weighted by Crippen LogP contribution is 2.34. The number of halogens is 5. The SMILES string of the molecule is Cl[C](Cl)CCC(Cl)(Cl)Cl. The van der Waals surface area contributed by atoms with Crippen LogP contribution in [-0.2, 0) is 0 Å². The summed E-state index contributed by atoms with van der Waals surface area (Å²) in [7, 11) is 0. The van der Waals surface area contributed by atoms with Gasteiger partial charge in [0, 0.05) is 0 Å². The standard InChI is InChI=1S/C4H4Cl5/c5-3(6)1-2-4(7,8)9/h1-2H2. The Morgan fingerprint density at radius 2 is 1.56 bits per heavy atom. The zero-order chi connectivity index (χ0) is 7.49. The first-order valence-electron chi connectivity index (χ1n) is 2.15. The monoisotopic (exact) mass is 227 g/mol. The minimum absolute atomic E-state index is 0.237. The van der Waals surface area contributed by atoms with Crippen LogP contribution in [0.1, 0.15) is 12.8 Å². The van der Waals surface area contributed by atoms with Crippen LogP contribution >= 0.6 is 58.0 Å². The van der Waals surface area contributed by atoms with E-state index >= 15 is 0 Å². The molecule has 0 atom stereocenters. The molecule has 0 nitrogen and oxygen atoms in total. The summed E-state index contributed by atoms with van der Waals surface area (Å²) in [5, 5.41) is 0. The summed E-state index contributed by atoms with van der Waals surface area (Å²) in [6.07, 6.45) is 0.764. The van der Waals surface area contributed by atoms with Gasteiger partial charge in [-0.2, -0.15) is 0 Å². The molecular weight excluding hydrogens is 225 g/mol. The van der Waals surface area contributed by atoms with Gasteiger partial charge >= 0.3 is 0 Å². The zero-order valence-electron chi connectivity index (χ0n) is 4.30. The van der Waals surface area contributed by atoms with Crippen molar-refractivity contribution in [3.63, 3.8) is 0 Å². The quantitative estimate of drug-likeness (QED) is 0.625. The molecule has 0 unspecified atom stereocenters. The van der Waals surface area contributed by atoms with E-state index in [1.807, 2.05) is 0 Å². The minimum atomic E-state index is -1.24. The number of rotatable bonds is 2. The Morgan fingerprint density at radius 3 is 1.67 bits per heavy atom. The van der Waals surface area contributed by atoms with E-state index in [1.54, 1.807) is 0 Å². The Balaban J connectivity index is 3.28. The van der Waals surface area contributed by atoms with Crippen LogP contribution in [0.2, 0.25) is 0 Å². The smallest absolute Gasteiger partial charge is 0.0983 e. The van der Waals surface area contributed by atoms with Crippen molar-refractivity contribution in [3.8, 4) is 0 Å². The Bertz CT molecular complexity index is 73.5. The van der Waals surface area contributed by atoms with Crippen molar-refractivity contribution in [1.29, 1.82) is 0 Å². The van der Waals surface area contributed by atoms with Crippen molar-refractivity contribution < 1.29 is 0 Å². The summed E-state index contributed by atoms with van der Waals surface area (Å²) in [6, 6.07) is 0. The fourth-order valence-corrected chi connectivity index (χ4v) is 0.709. The van der Waals surface area contributed by atoms with Gasteiger partial charge in [-0.05, 0) is 12.8 Å². The Hall–Kier alpha value is 1.45. The van der Waals surface area contributed by atoms with Crippen LogP contribution in [0, 0.1) is 4.84 Å². The molecule has 0 rings (SSSR count). The number of hydrogen-bond acceptors (Lipinski definition) is 0. The molecule has 0 saturated heterocycles.